The Morgan fingerprint density at radius 1 is 1.12 bits per heavy atom. The second kappa shape index (κ2) is 4.67. The number of amides is 1. The summed E-state index contributed by atoms with van der Waals surface area (Å²) < 4.78 is 0. The first-order valence-electron chi connectivity index (χ1n) is 6.49. The van der Waals surface area contributed by atoms with E-state index >= 15 is 0 Å². The minimum Gasteiger partial charge on any atom is -0.349 e. The van der Waals surface area contributed by atoms with Gasteiger partial charge in [-0.15, -0.1) is 0 Å². The van der Waals surface area contributed by atoms with Crippen LogP contribution >= 0.6 is 15.9 Å². The molecule has 2 fully saturated rings. The second-order valence-corrected chi connectivity index (χ2v) is 6.40. The number of carbonyl (C=O) groups is 1. The maximum atomic E-state index is 12.4. The average molecular weight is 288 g/mol. The first kappa shape index (κ1) is 12.4. The van der Waals surface area contributed by atoms with Gasteiger partial charge in [-0.3, -0.25) is 4.79 Å². The average Bonchev–Trinajstić information content (AvgIpc) is 2.24. The van der Waals surface area contributed by atoms with Crippen molar-refractivity contribution in [2.24, 2.45) is 5.41 Å². The zero-order valence-electron chi connectivity index (χ0n) is 10.2. The summed E-state index contributed by atoms with van der Waals surface area (Å²) >= 11 is 3.54. The highest BCUT2D eigenvalue weighted by Gasteiger charge is 2.42. The van der Waals surface area contributed by atoms with Crippen LogP contribution in [0.4, 0.5) is 0 Å². The fraction of sp³-hybridized carbons (Fsp3) is 0.923. The van der Waals surface area contributed by atoms with E-state index in [1.807, 2.05) is 0 Å². The lowest BCUT2D eigenvalue weighted by atomic mass is 9.72. The van der Waals surface area contributed by atoms with E-state index < -0.39 is 0 Å². The molecule has 0 heterocycles. The van der Waals surface area contributed by atoms with Gasteiger partial charge in [0.15, 0.2) is 0 Å². The Labute approximate surface area is 107 Å². The van der Waals surface area contributed by atoms with Crippen LogP contribution in [0.5, 0.6) is 0 Å². The molecule has 1 amide bonds. The largest absolute Gasteiger partial charge is 0.349 e. The predicted octanol–water partition coefficient (Wildman–Crippen LogP) is 3.39. The highest BCUT2D eigenvalue weighted by atomic mass is 79.9. The third kappa shape index (κ3) is 2.29. The molecule has 0 radical (unpaired) electrons. The molecule has 0 atom stereocenters. The second-order valence-electron chi connectivity index (χ2n) is 5.84. The number of alkyl halides is 1. The third-order valence-corrected chi connectivity index (χ3v) is 5.52. The molecule has 2 nitrogen and oxygen atoms in total. The standard InChI is InChI=1S/C13H22BrNO/c1-12(6-3-2-4-7-12)11(16)15-13(10-14)8-5-9-13/h2-10H2,1H3,(H,15,16). The van der Waals surface area contributed by atoms with Crippen molar-refractivity contribution in [1.29, 1.82) is 0 Å². The summed E-state index contributed by atoms with van der Waals surface area (Å²) in [5.74, 6) is 0.298. The zero-order valence-corrected chi connectivity index (χ0v) is 11.7. The monoisotopic (exact) mass is 287 g/mol. The Morgan fingerprint density at radius 2 is 1.75 bits per heavy atom. The minimum absolute atomic E-state index is 0.0809. The van der Waals surface area contributed by atoms with Crippen LogP contribution in [-0.2, 0) is 4.79 Å². The molecule has 92 valence electrons. The van der Waals surface area contributed by atoms with E-state index in [4.69, 9.17) is 0 Å². The smallest absolute Gasteiger partial charge is 0.226 e. The van der Waals surface area contributed by atoms with Crippen molar-refractivity contribution in [3.8, 4) is 0 Å². The van der Waals surface area contributed by atoms with Crippen molar-refractivity contribution >= 4 is 21.8 Å². The van der Waals surface area contributed by atoms with Gasteiger partial charge in [0.25, 0.3) is 0 Å². The zero-order chi connectivity index (χ0) is 11.6. The molecule has 0 aliphatic heterocycles. The van der Waals surface area contributed by atoms with Crippen LogP contribution in [0.15, 0.2) is 0 Å². The molecule has 0 aromatic carbocycles. The Hall–Kier alpha value is -0.0500. The van der Waals surface area contributed by atoms with Crippen molar-refractivity contribution < 1.29 is 4.79 Å². The van der Waals surface area contributed by atoms with Crippen molar-refractivity contribution in [2.45, 2.75) is 63.8 Å². The quantitative estimate of drug-likeness (QED) is 0.792. The maximum Gasteiger partial charge on any atom is 0.226 e. The minimum atomic E-state index is -0.0942. The molecule has 0 unspecified atom stereocenters. The van der Waals surface area contributed by atoms with Crippen LogP contribution in [0.3, 0.4) is 0 Å². The van der Waals surface area contributed by atoms with Crippen LogP contribution in [0.2, 0.25) is 0 Å². The summed E-state index contributed by atoms with van der Waals surface area (Å²) in [7, 11) is 0. The Balaban J connectivity index is 1.96. The Kier molecular flexibility index (Phi) is 3.62. The summed E-state index contributed by atoms with van der Waals surface area (Å²) in [5, 5.41) is 4.21. The summed E-state index contributed by atoms with van der Waals surface area (Å²) in [6.07, 6.45) is 9.39. The van der Waals surface area contributed by atoms with Crippen molar-refractivity contribution in [1.82, 2.24) is 5.32 Å². The van der Waals surface area contributed by atoms with Gasteiger partial charge in [0.05, 0.1) is 0 Å². The number of hydrogen-bond donors (Lipinski definition) is 1. The first-order valence-corrected chi connectivity index (χ1v) is 7.61. The lowest BCUT2D eigenvalue weighted by Crippen LogP contribution is -2.58. The van der Waals surface area contributed by atoms with Crippen LogP contribution in [0.25, 0.3) is 0 Å². The summed E-state index contributed by atoms with van der Waals surface area (Å²) in [4.78, 5) is 12.4. The molecule has 0 aromatic rings. The van der Waals surface area contributed by atoms with Gasteiger partial charge < -0.3 is 5.32 Å². The van der Waals surface area contributed by atoms with Gasteiger partial charge in [-0.05, 0) is 32.1 Å². The fourth-order valence-corrected chi connectivity index (χ4v) is 3.55. The molecule has 2 aliphatic rings. The molecule has 2 aliphatic carbocycles. The number of hydrogen-bond acceptors (Lipinski definition) is 1. The van der Waals surface area contributed by atoms with Crippen molar-refractivity contribution in [3.63, 3.8) is 0 Å². The van der Waals surface area contributed by atoms with Crippen LogP contribution in [-0.4, -0.2) is 16.8 Å². The molecule has 16 heavy (non-hydrogen) atoms. The summed E-state index contributed by atoms with van der Waals surface area (Å²) in [6.45, 7) is 2.14. The molecule has 0 bridgehead atoms. The Morgan fingerprint density at radius 3 is 2.19 bits per heavy atom. The van der Waals surface area contributed by atoms with Gasteiger partial charge >= 0.3 is 0 Å². The van der Waals surface area contributed by atoms with E-state index in [9.17, 15) is 4.79 Å². The molecule has 3 heteroatoms. The number of halogens is 1. The normalized spacial score (nSPS) is 26.9. The van der Waals surface area contributed by atoms with Gasteiger partial charge in [-0.25, -0.2) is 0 Å². The van der Waals surface area contributed by atoms with E-state index in [1.165, 1.54) is 25.7 Å². The molecule has 0 aromatic heterocycles. The molecule has 0 saturated heterocycles. The lowest BCUT2D eigenvalue weighted by Gasteiger charge is -2.44. The van der Waals surface area contributed by atoms with E-state index in [-0.39, 0.29) is 11.0 Å². The number of carbonyl (C=O) groups excluding carboxylic acids is 1. The van der Waals surface area contributed by atoms with Gasteiger partial charge in [-0.2, -0.15) is 0 Å². The van der Waals surface area contributed by atoms with E-state index in [0.29, 0.717) is 5.91 Å². The lowest BCUT2D eigenvalue weighted by molar-refractivity contribution is -0.134. The highest BCUT2D eigenvalue weighted by Crippen LogP contribution is 2.39. The number of nitrogens with one attached hydrogen (secondary N) is 1. The Bertz CT molecular complexity index is 262. The van der Waals surface area contributed by atoms with Crippen molar-refractivity contribution in [2.75, 3.05) is 5.33 Å². The van der Waals surface area contributed by atoms with E-state index in [2.05, 4.69) is 28.2 Å². The van der Waals surface area contributed by atoms with Crippen LogP contribution < -0.4 is 5.32 Å². The highest BCUT2D eigenvalue weighted by molar-refractivity contribution is 9.09. The van der Waals surface area contributed by atoms with E-state index in [0.717, 1.165) is 31.0 Å². The van der Waals surface area contributed by atoms with Gasteiger partial charge in [0.2, 0.25) is 5.91 Å². The van der Waals surface area contributed by atoms with Crippen molar-refractivity contribution in [3.05, 3.63) is 0 Å². The third-order valence-electron chi connectivity index (χ3n) is 4.45. The maximum absolute atomic E-state index is 12.4. The summed E-state index contributed by atoms with van der Waals surface area (Å²) in [6, 6.07) is 0. The van der Waals surface area contributed by atoms with Gasteiger partial charge in [0.1, 0.15) is 0 Å². The molecule has 2 saturated carbocycles. The van der Waals surface area contributed by atoms with Crippen LogP contribution in [0.1, 0.15) is 58.3 Å². The van der Waals surface area contributed by atoms with E-state index in [1.54, 1.807) is 0 Å². The topological polar surface area (TPSA) is 29.1 Å². The predicted molar refractivity (Wildman–Crippen MR) is 69.7 cm³/mol. The van der Waals surface area contributed by atoms with Gasteiger partial charge in [0, 0.05) is 16.3 Å². The molecule has 0 spiro atoms. The number of rotatable bonds is 3. The molecular formula is C13H22BrNO. The molecule has 2 rings (SSSR count). The van der Waals surface area contributed by atoms with Crippen LogP contribution in [0, 0.1) is 5.41 Å². The van der Waals surface area contributed by atoms with Gasteiger partial charge in [-0.1, -0.05) is 42.1 Å². The molecular weight excluding hydrogens is 266 g/mol. The summed E-state index contributed by atoms with van der Waals surface area (Å²) in [5.41, 5.74) is -0.0133. The molecule has 1 N–H and O–H groups in total. The fourth-order valence-electron chi connectivity index (χ4n) is 2.85. The SMILES string of the molecule is CC1(C(=O)NC2(CBr)CCC2)CCCCC1. The first-order chi connectivity index (χ1) is 7.60.